The van der Waals surface area contributed by atoms with Gasteiger partial charge in [-0.3, -0.25) is 0 Å². The molecule has 1 unspecified atom stereocenters. The van der Waals surface area contributed by atoms with Crippen LogP contribution in [0.4, 0.5) is 8.78 Å². The highest BCUT2D eigenvalue weighted by molar-refractivity contribution is 9.10. The minimum absolute atomic E-state index is 0.311. The van der Waals surface area contributed by atoms with Gasteiger partial charge in [-0.15, -0.1) is 0 Å². The maximum Gasteiger partial charge on any atom is 0.142 e. The first kappa shape index (κ1) is 14.4. The van der Waals surface area contributed by atoms with Crippen molar-refractivity contribution in [3.63, 3.8) is 0 Å². The molecule has 0 aliphatic rings. The Morgan fingerprint density at radius 3 is 2.53 bits per heavy atom. The monoisotopic (exact) mass is 345 g/mol. The largest absolute Gasteiger partial charge is 0.309 e. The minimum Gasteiger partial charge on any atom is -0.309 e. The molecular weight excluding hydrogens is 336 g/mol. The van der Waals surface area contributed by atoms with Crippen LogP contribution in [0.3, 0.4) is 0 Å². The lowest BCUT2D eigenvalue weighted by Crippen LogP contribution is -2.20. The number of hydrogen-bond donors (Lipinski definition) is 1. The van der Waals surface area contributed by atoms with E-state index >= 15 is 0 Å². The van der Waals surface area contributed by atoms with E-state index in [2.05, 4.69) is 21.2 Å². The second kappa shape index (κ2) is 5.99. The van der Waals surface area contributed by atoms with Crippen LogP contribution in [0.2, 0.25) is 5.02 Å². The van der Waals surface area contributed by atoms with E-state index in [1.54, 1.807) is 37.4 Å². The molecule has 0 aromatic heterocycles. The van der Waals surface area contributed by atoms with Crippen LogP contribution in [-0.4, -0.2) is 7.05 Å². The van der Waals surface area contributed by atoms with E-state index in [0.717, 1.165) is 0 Å². The summed E-state index contributed by atoms with van der Waals surface area (Å²) in [7, 11) is 1.65. The van der Waals surface area contributed by atoms with Crippen molar-refractivity contribution < 1.29 is 8.78 Å². The Labute approximate surface area is 123 Å². The lowest BCUT2D eigenvalue weighted by Gasteiger charge is -2.19. The zero-order chi connectivity index (χ0) is 14.0. The van der Waals surface area contributed by atoms with Gasteiger partial charge in [0, 0.05) is 16.1 Å². The lowest BCUT2D eigenvalue weighted by molar-refractivity contribution is 0.544. The number of halogens is 4. The molecule has 1 atom stereocenters. The van der Waals surface area contributed by atoms with E-state index in [-0.39, 0.29) is 0 Å². The first-order chi connectivity index (χ1) is 9.04. The summed E-state index contributed by atoms with van der Waals surface area (Å²) < 4.78 is 28.4. The third kappa shape index (κ3) is 2.96. The van der Waals surface area contributed by atoms with E-state index in [0.29, 0.717) is 20.6 Å². The van der Waals surface area contributed by atoms with Crippen LogP contribution in [-0.2, 0) is 0 Å². The maximum absolute atomic E-state index is 14.1. The minimum atomic E-state index is -0.574. The van der Waals surface area contributed by atoms with Crippen molar-refractivity contribution in [1.29, 1.82) is 0 Å². The topological polar surface area (TPSA) is 12.0 Å². The van der Waals surface area contributed by atoms with Gasteiger partial charge in [0.05, 0.1) is 10.5 Å². The van der Waals surface area contributed by atoms with Crippen molar-refractivity contribution in [3.05, 3.63) is 68.7 Å². The molecule has 0 saturated carbocycles. The number of rotatable bonds is 3. The molecule has 0 aliphatic heterocycles. The smallest absolute Gasteiger partial charge is 0.142 e. The number of nitrogens with one attached hydrogen (secondary N) is 1. The Balaban J connectivity index is 2.53. The summed E-state index contributed by atoms with van der Waals surface area (Å²) in [5.74, 6) is -0.873. The Hall–Kier alpha value is -0.970. The van der Waals surface area contributed by atoms with Gasteiger partial charge in [0.15, 0.2) is 0 Å². The van der Waals surface area contributed by atoms with E-state index in [9.17, 15) is 8.78 Å². The van der Waals surface area contributed by atoms with Crippen LogP contribution in [0.1, 0.15) is 17.2 Å². The second-order valence-electron chi connectivity index (χ2n) is 4.03. The molecule has 1 N–H and O–H groups in total. The highest BCUT2D eigenvalue weighted by Crippen LogP contribution is 2.30. The summed E-state index contributed by atoms with van der Waals surface area (Å²) in [5, 5.41) is 3.23. The molecule has 19 heavy (non-hydrogen) atoms. The quantitative estimate of drug-likeness (QED) is 0.850. The van der Waals surface area contributed by atoms with Crippen LogP contribution in [0.15, 0.2) is 40.9 Å². The first-order valence-corrected chi connectivity index (χ1v) is 6.77. The lowest BCUT2D eigenvalue weighted by atomic mass is 9.98. The van der Waals surface area contributed by atoms with Crippen molar-refractivity contribution in [1.82, 2.24) is 5.32 Å². The average molecular weight is 347 g/mol. The third-order valence-electron chi connectivity index (χ3n) is 2.85. The number of benzene rings is 2. The van der Waals surface area contributed by atoms with Gasteiger partial charge in [0.25, 0.3) is 0 Å². The third-order valence-corrected chi connectivity index (χ3v) is 3.70. The Morgan fingerprint density at radius 2 is 1.89 bits per heavy atom. The van der Waals surface area contributed by atoms with Gasteiger partial charge >= 0.3 is 0 Å². The van der Waals surface area contributed by atoms with Crippen molar-refractivity contribution in [2.45, 2.75) is 6.04 Å². The first-order valence-electron chi connectivity index (χ1n) is 5.60. The molecule has 0 amide bonds. The molecule has 2 aromatic rings. The molecule has 5 heteroatoms. The summed E-state index contributed by atoms with van der Waals surface area (Å²) in [4.78, 5) is 0. The summed E-state index contributed by atoms with van der Waals surface area (Å²) in [6.45, 7) is 0. The predicted octanol–water partition coefficient (Wildman–Crippen LogP) is 4.69. The van der Waals surface area contributed by atoms with Gasteiger partial charge in [-0.1, -0.05) is 29.8 Å². The summed E-state index contributed by atoms with van der Waals surface area (Å²) in [6.07, 6.45) is 0. The van der Waals surface area contributed by atoms with E-state index < -0.39 is 17.7 Å². The SMILES string of the molecule is CNC(c1ccc(Cl)cc1F)c1cccc(Br)c1F. The molecule has 2 rings (SSSR count). The van der Waals surface area contributed by atoms with Crippen molar-refractivity contribution in [3.8, 4) is 0 Å². The van der Waals surface area contributed by atoms with Gasteiger partial charge in [-0.2, -0.15) is 0 Å². The van der Waals surface area contributed by atoms with Crippen molar-refractivity contribution >= 4 is 27.5 Å². The predicted molar refractivity (Wildman–Crippen MR) is 76.4 cm³/mol. The van der Waals surface area contributed by atoms with Gasteiger partial charge in [-0.05, 0) is 41.2 Å². The van der Waals surface area contributed by atoms with E-state index in [4.69, 9.17) is 11.6 Å². The zero-order valence-corrected chi connectivity index (χ0v) is 12.4. The number of hydrogen-bond acceptors (Lipinski definition) is 1. The van der Waals surface area contributed by atoms with Gasteiger partial charge in [0.2, 0.25) is 0 Å². The van der Waals surface area contributed by atoms with Crippen LogP contribution in [0, 0.1) is 11.6 Å². The average Bonchev–Trinajstić information content (AvgIpc) is 2.37. The standard InChI is InChI=1S/C14H11BrClF2N/c1-19-14(9-6-5-8(16)7-12(9)17)10-3-2-4-11(15)13(10)18/h2-7,14,19H,1H3. The van der Waals surface area contributed by atoms with Crippen molar-refractivity contribution in [2.24, 2.45) is 0 Å². The fourth-order valence-electron chi connectivity index (χ4n) is 1.96. The van der Waals surface area contributed by atoms with Crippen LogP contribution in [0.25, 0.3) is 0 Å². The normalized spacial score (nSPS) is 12.5. The fourth-order valence-corrected chi connectivity index (χ4v) is 2.50. The zero-order valence-electron chi connectivity index (χ0n) is 10.1. The van der Waals surface area contributed by atoms with Gasteiger partial charge < -0.3 is 5.32 Å². The highest BCUT2D eigenvalue weighted by atomic mass is 79.9. The van der Waals surface area contributed by atoms with Crippen LogP contribution >= 0.6 is 27.5 Å². The summed E-state index contributed by atoms with van der Waals surface area (Å²) in [6, 6.07) is 8.71. The molecule has 0 aliphatic carbocycles. The van der Waals surface area contributed by atoms with E-state index in [1.807, 2.05) is 0 Å². The molecule has 100 valence electrons. The molecule has 0 radical (unpaired) electrons. The molecule has 0 bridgehead atoms. The Bertz CT molecular complexity index is 604. The van der Waals surface area contributed by atoms with Crippen LogP contribution < -0.4 is 5.32 Å². The molecule has 2 aromatic carbocycles. The highest BCUT2D eigenvalue weighted by Gasteiger charge is 2.20. The fraction of sp³-hybridized carbons (Fsp3) is 0.143. The van der Waals surface area contributed by atoms with Gasteiger partial charge in [-0.25, -0.2) is 8.78 Å². The molecular formula is C14H11BrClF2N. The Morgan fingerprint density at radius 1 is 1.16 bits per heavy atom. The van der Waals surface area contributed by atoms with Crippen molar-refractivity contribution in [2.75, 3.05) is 7.05 Å². The molecule has 0 fully saturated rings. The van der Waals surface area contributed by atoms with Gasteiger partial charge in [0.1, 0.15) is 11.6 Å². The molecule has 1 nitrogen and oxygen atoms in total. The molecule has 0 spiro atoms. The summed E-state index contributed by atoms with van der Waals surface area (Å²) in [5.41, 5.74) is 0.724. The second-order valence-corrected chi connectivity index (χ2v) is 5.32. The summed E-state index contributed by atoms with van der Waals surface area (Å²) >= 11 is 8.85. The molecule has 0 saturated heterocycles. The van der Waals surface area contributed by atoms with Crippen LogP contribution in [0.5, 0.6) is 0 Å². The molecule has 0 heterocycles. The maximum atomic E-state index is 14.1. The Kier molecular flexibility index (Phi) is 4.55. The van der Waals surface area contributed by atoms with E-state index in [1.165, 1.54) is 6.07 Å².